The molecular weight excluding hydrogens is 207 g/mol. The topological polar surface area (TPSA) is 42.6 Å². The second-order valence-electron chi connectivity index (χ2n) is 3.40. The average Bonchev–Trinajstić information content (AvgIpc) is 2.02. The van der Waals surface area contributed by atoms with Crippen LogP contribution in [0.25, 0.3) is 4.78 Å². The van der Waals surface area contributed by atoms with E-state index >= 15 is 0 Å². The van der Waals surface area contributed by atoms with Crippen molar-refractivity contribution in [2.75, 3.05) is 19.3 Å². The third kappa shape index (κ3) is 8.24. The Morgan fingerprint density at radius 2 is 1.50 bits per heavy atom. The summed E-state index contributed by atoms with van der Waals surface area (Å²) in [5.74, 6) is 0. The predicted molar refractivity (Wildman–Crippen MR) is 58.8 cm³/mol. The van der Waals surface area contributed by atoms with Gasteiger partial charge in [-0.15, -0.1) is 0 Å². The molecule has 0 aromatic rings. The van der Waals surface area contributed by atoms with Crippen LogP contribution in [0, 0.1) is 0 Å². The van der Waals surface area contributed by atoms with Crippen molar-refractivity contribution in [2.24, 2.45) is 0 Å². The molecule has 0 fully saturated rings. The Labute approximate surface area is 111 Å². The van der Waals surface area contributed by atoms with Gasteiger partial charge in [0.1, 0.15) is 0 Å². The summed E-state index contributed by atoms with van der Waals surface area (Å²) in [6.45, 7) is 5.66. The van der Waals surface area contributed by atoms with Gasteiger partial charge in [0, 0.05) is 13.1 Å². The van der Waals surface area contributed by atoms with Crippen molar-refractivity contribution in [3.05, 3.63) is 4.78 Å². The molecule has 1 unspecified atom stereocenters. The van der Waals surface area contributed by atoms with Crippen LogP contribution in [-0.2, 0) is 9.92 Å². The average molecular weight is 228 g/mol. The molecule has 0 aromatic carbocycles. The van der Waals surface area contributed by atoms with Gasteiger partial charge in [-0.2, -0.15) is 0 Å². The molecule has 0 rings (SSSR count). The van der Waals surface area contributed by atoms with E-state index in [9.17, 15) is 8.99 Å². The molecule has 14 heavy (non-hydrogen) atoms. The van der Waals surface area contributed by atoms with Crippen LogP contribution in [0.15, 0.2) is 0 Å². The van der Waals surface area contributed by atoms with Gasteiger partial charge in [-0.1, -0.05) is 36.6 Å². The molecule has 0 spiro atoms. The van der Waals surface area contributed by atoms with Gasteiger partial charge in [-0.3, -0.25) is 4.21 Å². The second kappa shape index (κ2) is 9.16. The van der Waals surface area contributed by atoms with Gasteiger partial charge < -0.3 is 4.78 Å². The van der Waals surface area contributed by atoms with Crippen LogP contribution in [0.5, 0.6) is 0 Å². The first-order chi connectivity index (χ1) is 6.02. The van der Waals surface area contributed by atoms with Crippen LogP contribution in [0.4, 0.5) is 0 Å². The Morgan fingerprint density at radius 1 is 1.14 bits per heavy atom. The first-order valence-electron chi connectivity index (χ1n) is 4.99. The molecule has 0 N–H and O–H groups in total. The summed E-state index contributed by atoms with van der Waals surface area (Å²) >= 11 is 0. The number of hydrogen-bond donors (Lipinski definition) is 0. The zero-order valence-corrected chi connectivity index (χ0v) is 12.8. The SMILES string of the molecule is CCCCN(CCCC)S(C)(=[N-])=O.[Na+]. The molecule has 0 saturated heterocycles. The van der Waals surface area contributed by atoms with Crippen LogP contribution < -0.4 is 29.6 Å². The fourth-order valence-corrected chi connectivity index (χ4v) is 2.06. The zero-order valence-electron chi connectivity index (χ0n) is 9.95. The summed E-state index contributed by atoms with van der Waals surface area (Å²) in [5.41, 5.74) is 0. The number of nitrogens with zero attached hydrogens (tertiary/aromatic N) is 2. The van der Waals surface area contributed by atoms with Crippen molar-refractivity contribution < 1.29 is 33.8 Å². The summed E-state index contributed by atoms with van der Waals surface area (Å²) in [4.78, 5) is 0. The number of unbranched alkanes of at least 4 members (excludes halogenated alkanes) is 2. The fraction of sp³-hybridized carbons (Fsp3) is 1.00. The van der Waals surface area contributed by atoms with Crippen molar-refractivity contribution in [3.63, 3.8) is 0 Å². The third-order valence-corrected chi connectivity index (χ3v) is 3.32. The Morgan fingerprint density at radius 3 is 1.71 bits per heavy atom. The van der Waals surface area contributed by atoms with Gasteiger partial charge in [0.15, 0.2) is 0 Å². The van der Waals surface area contributed by atoms with Gasteiger partial charge in [0.05, 0.1) is 0 Å². The van der Waals surface area contributed by atoms with E-state index in [1.54, 1.807) is 4.31 Å². The molecule has 0 aliphatic rings. The van der Waals surface area contributed by atoms with Crippen LogP contribution in [0.3, 0.4) is 0 Å². The van der Waals surface area contributed by atoms with Gasteiger partial charge in [0.2, 0.25) is 0 Å². The van der Waals surface area contributed by atoms with Crippen molar-refractivity contribution in [1.82, 2.24) is 4.31 Å². The van der Waals surface area contributed by atoms with E-state index in [1.165, 1.54) is 6.26 Å². The Bertz CT molecular complexity index is 209. The van der Waals surface area contributed by atoms with Gasteiger partial charge >= 0.3 is 29.6 Å². The molecule has 0 aromatic heterocycles. The Kier molecular flexibility index (Phi) is 11.3. The normalized spacial score (nSPS) is 14.9. The summed E-state index contributed by atoms with van der Waals surface area (Å²) in [6, 6.07) is 0. The van der Waals surface area contributed by atoms with Crippen LogP contribution in [0.2, 0.25) is 0 Å². The molecule has 80 valence electrons. The number of rotatable bonds is 7. The predicted octanol–water partition coefficient (Wildman–Crippen LogP) is -0.525. The van der Waals surface area contributed by atoms with Gasteiger partial charge in [0.25, 0.3) is 0 Å². The minimum atomic E-state index is -2.73. The van der Waals surface area contributed by atoms with Gasteiger partial charge in [-0.05, 0) is 19.1 Å². The van der Waals surface area contributed by atoms with E-state index in [0.29, 0.717) is 0 Å². The first-order valence-corrected chi connectivity index (χ1v) is 6.87. The number of hydrogen-bond acceptors (Lipinski definition) is 1. The van der Waals surface area contributed by atoms with Crippen molar-refractivity contribution >= 4 is 9.92 Å². The largest absolute Gasteiger partial charge is 1.00 e. The van der Waals surface area contributed by atoms with Crippen molar-refractivity contribution in [1.29, 1.82) is 0 Å². The second-order valence-corrected chi connectivity index (χ2v) is 5.44. The molecule has 3 nitrogen and oxygen atoms in total. The van der Waals surface area contributed by atoms with E-state index in [-0.39, 0.29) is 29.6 Å². The molecule has 0 amide bonds. The van der Waals surface area contributed by atoms with E-state index in [0.717, 1.165) is 38.8 Å². The molecule has 0 radical (unpaired) electrons. The molecule has 0 aliphatic heterocycles. The summed E-state index contributed by atoms with van der Waals surface area (Å²) in [7, 11) is -2.73. The summed E-state index contributed by atoms with van der Waals surface area (Å²) in [6.07, 6.45) is 5.53. The molecule has 0 aliphatic carbocycles. The summed E-state index contributed by atoms with van der Waals surface area (Å²) in [5, 5.41) is 0. The quantitative estimate of drug-likeness (QED) is 0.540. The van der Waals surface area contributed by atoms with E-state index in [4.69, 9.17) is 0 Å². The van der Waals surface area contributed by atoms with E-state index in [2.05, 4.69) is 13.8 Å². The molecule has 1 atom stereocenters. The monoisotopic (exact) mass is 228 g/mol. The molecule has 0 saturated carbocycles. The Balaban J connectivity index is 0. The maximum Gasteiger partial charge on any atom is 1.00 e. The van der Waals surface area contributed by atoms with E-state index in [1.807, 2.05) is 0 Å². The molecule has 0 bridgehead atoms. The van der Waals surface area contributed by atoms with Crippen LogP contribution >= 0.6 is 0 Å². The zero-order chi connectivity index (χ0) is 10.3. The van der Waals surface area contributed by atoms with Crippen LogP contribution in [0.1, 0.15) is 39.5 Å². The molecule has 0 heterocycles. The molecular formula is C9H21N2NaOS. The maximum atomic E-state index is 11.4. The van der Waals surface area contributed by atoms with Crippen molar-refractivity contribution in [2.45, 2.75) is 39.5 Å². The standard InChI is InChI=1S/C9H21N2OS.Na/c1-4-6-8-11(9-7-5-2)13(3,10)12;/h4-9H2,1-3H3;/q-1;+1. The first kappa shape index (κ1) is 17.3. The van der Waals surface area contributed by atoms with E-state index < -0.39 is 9.92 Å². The Hall–Kier alpha value is 0.910. The smallest absolute Gasteiger partial charge is 0.738 e. The van der Waals surface area contributed by atoms with Crippen molar-refractivity contribution in [3.8, 4) is 0 Å². The third-order valence-electron chi connectivity index (χ3n) is 2.00. The van der Waals surface area contributed by atoms with Crippen LogP contribution in [-0.4, -0.2) is 27.9 Å². The minimum absolute atomic E-state index is 0. The van der Waals surface area contributed by atoms with Gasteiger partial charge in [-0.25, -0.2) is 4.31 Å². The maximum absolute atomic E-state index is 11.4. The summed E-state index contributed by atoms with van der Waals surface area (Å²) < 4.78 is 22.5. The molecule has 5 heteroatoms. The minimum Gasteiger partial charge on any atom is -0.738 e. The fourth-order valence-electron chi connectivity index (χ4n) is 1.12.